The Bertz CT molecular complexity index is 92.9. The molecule has 4 heteroatoms. The highest BCUT2D eigenvalue weighted by Gasteiger charge is 2.11. The highest BCUT2D eigenvalue weighted by Crippen LogP contribution is 2.04. The number of hydrogen-bond acceptors (Lipinski definition) is 3. The smallest absolute Gasteiger partial charge is 0.150 e. The van der Waals surface area contributed by atoms with E-state index in [1.807, 2.05) is 6.92 Å². The summed E-state index contributed by atoms with van der Waals surface area (Å²) in [5.74, 6) is 0. The molecule has 0 aliphatic carbocycles. The number of thiocarbonyl (C=S) groups is 1. The van der Waals surface area contributed by atoms with Crippen LogP contribution in [0.3, 0.4) is 0 Å². The monoisotopic (exact) mass is 134 g/mol. The van der Waals surface area contributed by atoms with Crippen LogP contribution in [-0.2, 0) is 0 Å². The molecule has 7 heavy (non-hydrogen) atoms. The van der Waals surface area contributed by atoms with Gasteiger partial charge in [-0.25, -0.2) is 4.72 Å². The second-order valence-corrected chi connectivity index (χ2v) is 2.89. The van der Waals surface area contributed by atoms with Crippen molar-refractivity contribution in [2.24, 2.45) is 0 Å². The molecule has 2 N–H and O–H groups in total. The van der Waals surface area contributed by atoms with Crippen molar-refractivity contribution in [3.05, 3.63) is 0 Å². The summed E-state index contributed by atoms with van der Waals surface area (Å²) in [5, 5.41) is 3.00. The molecule has 0 radical (unpaired) electrons. The first-order chi connectivity index (χ1) is 3.29. The SMILES string of the molecule is CC1NSC(=S)N1. The second kappa shape index (κ2) is 1.98. The van der Waals surface area contributed by atoms with E-state index < -0.39 is 0 Å². The Kier molecular flexibility index (Phi) is 1.51. The Morgan fingerprint density at radius 3 is 2.71 bits per heavy atom. The Hall–Kier alpha value is 0.200. The number of nitrogens with one attached hydrogen (secondary N) is 2. The molecular formula is C3H6N2S2. The molecule has 0 spiro atoms. The average molecular weight is 134 g/mol. The first-order valence-electron chi connectivity index (χ1n) is 2.02. The fourth-order valence-corrected chi connectivity index (χ4v) is 1.28. The van der Waals surface area contributed by atoms with E-state index in [4.69, 9.17) is 12.2 Å². The standard InChI is InChI=1S/C3H6N2S2/c1-2-4-3(6)7-5-2/h2,5H,1H3,(H,4,6). The van der Waals surface area contributed by atoms with Crippen LogP contribution in [0.4, 0.5) is 0 Å². The maximum atomic E-state index is 4.79. The van der Waals surface area contributed by atoms with Gasteiger partial charge in [0.25, 0.3) is 0 Å². The zero-order valence-electron chi connectivity index (χ0n) is 3.89. The Balaban J connectivity index is 2.40. The lowest BCUT2D eigenvalue weighted by Crippen LogP contribution is -2.26. The lowest BCUT2D eigenvalue weighted by atomic mass is 10.6. The summed E-state index contributed by atoms with van der Waals surface area (Å²) in [6.07, 6.45) is 0.345. The van der Waals surface area contributed by atoms with Crippen LogP contribution in [0.25, 0.3) is 0 Å². The van der Waals surface area contributed by atoms with Gasteiger partial charge in [0.2, 0.25) is 0 Å². The molecular weight excluding hydrogens is 128 g/mol. The Morgan fingerprint density at radius 2 is 2.57 bits per heavy atom. The van der Waals surface area contributed by atoms with E-state index in [9.17, 15) is 0 Å². The topological polar surface area (TPSA) is 24.1 Å². The van der Waals surface area contributed by atoms with Crippen LogP contribution in [-0.4, -0.2) is 10.5 Å². The van der Waals surface area contributed by atoms with Gasteiger partial charge in [0, 0.05) is 0 Å². The summed E-state index contributed by atoms with van der Waals surface area (Å²) < 4.78 is 3.87. The van der Waals surface area contributed by atoms with Gasteiger partial charge in [-0.05, 0) is 18.9 Å². The predicted octanol–water partition coefficient (Wildman–Crippen LogP) is 0.458. The lowest BCUT2D eigenvalue weighted by molar-refractivity contribution is 0.681. The van der Waals surface area contributed by atoms with Gasteiger partial charge in [-0.3, -0.25) is 0 Å². The minimum absolute atomic E-state index is 0.345. The molecule has 1 aliphatic heterocycles. The van der Waals surface area contributed by atoms with Crippen LogP contribution >= 0.6 is 24.2 Å². The zero-order valence-corrected chi connectivity index (χ0v) is 5.53. The van der Waals surface area contributed by atoms with E-state index in [1.54, 1.807) is 0 Å². The molecule has 40 valence electrons. The van der Waals surface area contributed by atoms with Crippen molar-refractivity contribution in [1.29, 1.82) is 0 Å². The van der Waals surface area contributed by atoms with Crippen molar-refractivity contribution in [3.8, 4) is 0 Å². The van der Waals surface area contributed by atoms with Crippen molar-refractivity contribution in [1.82, 2.24) is 10.0 Å². The normalized spacial score (nSPS) is 30.4. The van der Waals surface area contributed by atoms with E-state index in [1.165, 1.54) is 11.9 Å². The van der Waals surface area contributed by atoms with Crippen molar-refractivity contribution in [3.63, 3.8) is 0 Å². The minimum atomic E-state index is 0.345. The third-order valence-corrected chi connectivity index (χ3v) is 1.81. The van der Waals surface area contributed by atoms with Crippen molar-refractivity contribution >= 4 is 28.5 Å². The third kappa shape index (κ3) is 1.29. The first kappa shape index (κ1) is 5.34. The number of rotatable bonds is 0. The van der Waals surface area contributed by atoms with Crippen LogP contribution in [0.5, 0.6) is 0 Å². The van der Waals surface area contributed by atoms with Gasteiger partial charge >= 0.3 is 0 Å². The van der Waals surface area contributed by atoms with E-state index in [2.05, 4.69) is 10.0 Å². The third-order valence-electron chi connectivity index (χ3n) is 0.663. The zero-order chi connectivity index (χ0) is 5.28. The molecule has 2 nitrogen and oxygen atoms in total. The van der Waals surface area contributed by atoms with Gasteiger partial charge < -0.3 is 5.32 Å². The Morgan fingerprint density at radius 1 is 1.86 bits per heavy atom. The summed E-state index contributed by atoms with van der Waals surface area (Å²) in [4.78, 5) is 0. The number of hydrogen-bond donors (Lipinski definition) is 2. The fraction of sp³-hybridized carbons (Fsp3) is 0.667. The fourth-order valence-electron chi connectivity index (χ4n) is 0.378. The highest BCUT2D eigenvalue weighted by molar-refractivity contribution is 8.22. The first-order valence-corrected chi connectivity index (χ1v) is 3.24. The molecule has 1 aliphatic rings. The van der Waals surface area contributed by atoms with Gasteiger partial charge in [-0.15, -0.1) is 0 Å². The molecule has 1 saturated heterocycles. The van der Waals surface area contributed by atoms with Crippen LogP contribution in [0.1, 0.15) is 6.92 Å². The molecule has 0 aromatic carbocycles. The maximum absolute atomic E-state index is 4.79. The minimum Gasteiger partial charge on any atom is -0.354 e. The molecule has 1 fully saturated rings. The van der Waals surface area contributed by atoms with Crippen LogP contribution in [0.2, 0.25) is 0 Å². The van der Waals surface area contributed by atoms with Crippen LogP contribution in [0, 0.1) is 0 Å². The summed E-state index contributed by atoms with van der Waals surface area (Å²) in [7, 11) is 0. The molecule has 0 amide bonds. The molecule has 1 unspecified atom stereocenters. The summed E-state index contributed by atoms with van der Waals surface area (Å²) in [6, 6.07) is 0. The van der Waals surface area contributed by atoms with Crippen molar-refractivity contribution < 1.29 is 0 Å². The lowest BCUT2D eigenvalue weighted by Gasteiger charge is -1.96. The van der Waals surface area contributed by atoms with Gasteiger partial charge in [0.15, 0.2) is 0 Å². The molecule has 1 heterocycles. The average Bonchev–Trinajstić information content (AvgIpc) is 1.87. The van der Waals surface area contributed by atoms with E-state index in [0.717, 1.165) is 4.32 Å². The molecule has 0 aromatic rings. The van der Waals surface area contributed by atoms with E-state index in [0.29, 0.717) is 6.17 Å². The van der Waals surface area contributed by atoms with Crippen LogP contribution in [0.15, 0.2) is 0 Å². The van der Waals surface area contributed by atoms with E-state index >= 15 is 0 Å². The van der Waals surface area contributed by atoms with Crippen LogP contribution < -0.4 is 10.0 Å². The van der Waals surface area contributed by atoms with Crippen molar-refractivity contribution in [2.45, 2.75) is 13.1 Å². The molecule has 0 aromatic heterocycles. The van der Waals surface area contributed by atoms with E-state index in [-0.39, 0.29) is 0 Å². The summed E-state index contributed by atoms with van der Waals surface area (Å²) >= 11 is 6.26. The van der Waals surface area contributed by atoms with Gasteiger partial charge in [-0.2, -0.15) is 0 Å². The maximum Gasteiger partial charge on any atom is 0.150 e. The molecule has 0 saturated carbocycles. The largest absolute Gasteiger partial charge is 0.354 e. The highest BCUT2D eigenvalue weighted by atomic mass is 32.2. The summed E-state index contributed by atoms with van der Waals surface area (Å²) in [6.45, 7) is 2.02. The molecule has 1 rings (SSSR count). The second-order valence-electron chi connectivity index (χ2n) is 1.37. The Labute approximate surface area is 52.2 Å². The van der Waals surface area contributed by atoms with Gasteiger partial charge in [0.1, 0.15) is 4.32 Å². The van der Waals surface area contributed by atoms with Gasteiger partial charge in [0.05, 0.1) is 6.17 Å². The molecule has 0 bridgehead atoms. The van der Waals surface area contributed by atoms with Crippen molar-refractivity contribution in [2.75, 3.05) is 0 Å². The quantitative estimate of drug-likeness (QED) is 0.371. The predicted molar refractivity (Wildman–Crippen MR) is 35.9 cm³/mol. The summed E-state index contributed by atoms with van der Waals surface area (Å²) in [5.41, 5.74) is 0. The van der Waals surface area contributed by atoms with Gasteiger partial charge in [-0.1, -0.05) is 12.2 Å². The molecule has 1 atom stereocenters.